The topological polar surface area (TPSA) is 38.7 Å². The lowest BCUT2D eigenvalue weighted by Gasteiger charge is -2.18. The van der Waals surface area contributed by atoms with Gasteiger partial charge < -0.3 is 14.6 Å². The number of hydrogen-bond donors (Lipinski definition) is 1. The Balaban J connectivity index is 2.53. The lowest BCUT2D eigenvalue weighted by Crippen LogP contribution is -2.04. The van der Waals surface area contributed by atoms with Gasteiger partial charge >= 0.3 is 0 Å². The second kappa shape index (κ2) is 6.69. The Morgan fingerprint density at radius 1 is 1.05 bits per heavy atom. The summed E-state index contributed by atoms with van der Waals surface area (Å²) < 4.78 is 11.4. The molecule has 1 atom stereocenters. The number of aliphatic hydroxyl groups excluding tert-OH is 1. The van der Waals surface area contributed by atoms with Gasteiger partial charge in [0.05, 0.1) is 18.7 Å². The summed E-state index contributed by atoms with van der Waals surface area (Å²) in [5.41, 5.74) is 2.32. The van der Waals surface area contributed by atoms with Crippen LogP contribution in [0.5, 0.6) is 11.5 Å². The zero-order valence-electron chi connectivity index (χ0n) is 12.0. The smallest absolute Gasteiger partial charge is 0.133 e. The molecule has 5 heteroatoms. The Hall–Kier alpha value is -1.23. The van der Waals surface area contributed by atoms with Crippen LogP contribution in [0.1, 0.15) is 22.8 Å². The molecule has 0 bridgehead atoms. The zero-order chi connectivity index (χ0) is 15.6. The van der Waals surface area contributed by atoms with Gasteiger partial charge in [0.25, 0.3) is 0 Å². The van der Waals surface area contributed by atoms with E-state index in [4.69, 9.17) is 21.1 Å². The van der Waals surface area contributed by atoms with Crippen molar-refractivity contribution in [3.05, 3.63) is 56.5 Å². The van der Waals surface area contributed by atoms with E-state index >= 15 is 0 Å². The van der Waals surface area contributed by atoms with Gasteiger partial charge in [-0.1, -0.05) is 17.7 Å². The highest BCUT2D eigenvalue weighted by molar-refractivity contribution is 9.10. The zero-order valence-corrected chi connectivity index (χ0v) is 14.3. The quantitative estimate of drug-likeness (QED) is 0.859. The minimum Gasteiger partial charge on any atom is -0.496 e. The predicted molar refractivity (Wildman–Crippen MR) is 87.5 cm³/mol. The van der Waals surface area contributed by atoms with Crippen LogP contribution in [-0.4, -0.2) is 19.3 Å². The highest BCUT2D eigenvalue weighted by Crippen LogP contribution is 2.38. The summed E-state index contributed by atoms with van der Waals surface area (Å²) in [5, 5.41) is 11.2. The Labute approximate surface area is 137 Å². The molecule has 0 spiro atoms. The van der Waals surface area contributed by atoms with Gasteiger partial charge in [-0.3, -0.25) is 0 Å². The third-order valence-electron chi connectivity index (χ3n) is 3.18. The van der Waals surface area contributed by atoms with Gasteiger partial charge in [0, 0.05) is 10.6 Å². The number of aryl methyl sites for hydroxylation is 1. The third kappa shape index (κ3) is 3.51. The van der Waals surface area contributed by atoms with Crippen molar-refractivity contribution in [2.75, 3.05) is 14.2 Å². The van der Waals surface area contributed by atoms with E-state index in [1.54, 1.807) is 32.4 Å². The van der Waals surface area contributed by atoms with Crippen LogP contribution in [0.2, 0.25) is 5.02 Å². The summed E-state index contributed by atoms with van der Waals surface area (Å²) in [6.45, 7) is 1.93. The molecule has 0 aliphatic heterocycles. The van der Waals surface area contributed by atoms with Crippen LogP contribution in [0.3, 0.4) is 0 Å². The Morgan fingerprint density at radius 2 is 1.71 bits per heavy atom. The number of benzene rings is 2. The molecule has 0 heterocycles. The molecule has 112 valence electrons. The number of methoxy groups -OCH3 is 2. The standard InChI is InChI=1S/C16H16BrClO3/c1-9-4-10(6-11(18)5-9)16(19)12-7-15(21-3)13(17)8-14(12)20-2/h4-8,16,19H,1-3H3. The molecule has 0 aliphatic rings. The van der Waals surface area contributed by atoms with Gasteiger partial charge in [0.15, 0.2) is 0 Å². The number of hydrogen-bond acceptors (Lipinski definition) is 3. The largest absolute Gasteiger partial charge is 0.496 e. The van der Waals surface area contributed by atoms with Crippen LogP contribution in [-0.2, 0) is 0 Å². The lowest BCUT2D eigenvalue weighted by molar-refractivity contribution is 0.214. The highest BCUT2D eigenvalue weighted by atomic mass is 79.9. The van der Waals surface area contributed by atoms with Crippen molar-refractivity contribution in [2.24, 2.45) is 0 Å². The van der Waals surface area contributed by atoms with E-state index in [0.717, 1.165) is 10.0 Å². The van der Waals surface area contributed by atoms with Gasteiger partial charge in [0.1, 0.15) is 17.6 Å². The van der Waals surface area contributed by atoms with E-state index in [1.165, 1.54) is 0 Å². The maximum absolute atomic E-state index is 10.7. The monoisotopic (exact) mass is 370 g/mol. The summed E-state index contributed by atoms with van der Waals surface area (Å²) in [6, 6.07) is 9.01. The van der Waals surface area contributed by atoms with Gasteiger partial charge in [-0.2, -0.15) is 0 Å². The number of rotatable bonds is 4. The average molecular weight is 372 g/mol. The van der Waals surface area contributed by atoms with Gasteiger partial charge in [-0.05, 0) is 58.2 Å². The van der Waals surface area contributed by atoms with E-state index in [-0.39, 0.29) is 0 Å². The summed E-state index contributed by atoms with van der Waals surface area (Å²) in [6.07, 6.45) is -0.848. The van der Waals surface area contributed by atoms with Crippen LogP contribution in [0, 0.1) is 6.92 Å². The lowest BCUT2D eigenvalue weighted by atomic mass is 9.99. The molecule has 0 fully saturated rings. The van der Waals surface area contributed by atoms with Gasteiger partial charge in [-0.25, -0.2) is 0 Å². The van der Waals surface area contributed by atoms with Crippen LogP contribution in [0.25, 0.3) is 0 Å². The van der Waals surface area contributed by atoms with Crippen molar-refractivity contribution >= 4 is 27.5 Å². The van der Waals surface area contributed by atoms with E-state index in [0.29, 0.717) is 27.6 Å². The molecule has 2 rings (SSSR count). The third-order valence-corrected chi connectivity index (χ3v) is 4.02. The minimum absolute atomic E-state index is 0.577. The Kier molecular flexibility index (Phi) is 5.14. The maximum Gasteiger partial charge on any atom is 0.133 e. The fourth-order valence-corrected chi connectivity index (χ4v) is 2.98. The minimum atomic E-state index is -0.848. The molecule has 3 nitrogen and oxygen atoms in total. The Bertz CT molecular complexity index is 638. The first kappa shape index (κ1) is 16.1. The van der Waals surface area contributed by atoms with Gasteiger partial charge in [-0.15, -0.1) is 0 Å². The second-order valence-corrected chi connectivity index (χ2v) is 5.98. The molecule has 2 aromatic rings. The van der Waals surface area contributed by atoms with Crippen molar-refractivity contribution in [1.82, 2.24) is 0 Å². The molecule has 0 aromatic heterocycles. The van der Waals surface area contributed by atoms with Crippen molar-refractivity contribution in [3.8, 4) is 11.5 Å². The second-order valence-electron chi connectivity index (χ2n) is 4.69. The van der Waals surface area contributed by atoms with E-state index in [1.807, 2.05) is 19.1 Å². The van der Waals surface area contributed by atoms with Gasteiger partial charge in [0.2, 0.25) is 0 Å². The molecule has 0 amide bonds. The SMILES string of the molecule is COc1cc(C(O)c2cc(C)cc(Cl)c2)c(OC)cc1Br. The molecule has 2 aromatic carbocycles. The van der Waals surface area contributed by atoms with Crippen molar-refractivity contribution in [2.45, 2.75) is 13.0 Å². The normalized spacial score (nSPS) is 12.1. The van der Waals surface area contributed by atoms with Crippen LogP contribution in [0.4, 0.5) is 0 Å². The molecular formula is C16H16BrClO3. The molecule has 0 saturated heterocycles. The highest BCUT2D eigenvalue weighted by Gasteiger charge is 2.19. The van der Waals surface area contributed by atoms with Crippen molar-refractivity contribution in [1.29, 1.82) is 0 Å². The molecule has 0 saturated carbocycles. The molecule has 0 radical (unpaired) electrons. The fraction of sp³-hybridized carbons (Fsp3) is 0.250. The number of ether oxygens (including phenoxy) is 2. The molecule has 21 heavy (non-hydrogen) atoms. The number of halogens is 2. The summed E-state index contributed by atoms with van der Waals surface area (Å²) in [5.74, 6) is 1.21. The van der Waals surface area contributed by atoms with Crippen LogP contribution in [0.15, 0.2) is 34.8 Å². The van der Waals surface area contributed by atoms with Crippen molar-refractivity contribution in [3.63, 3.8) is 0 Å². The molecule has 0 aliphatic carbocycles. The summed E-state index contributed by atoms with van der Waals surface area (Å²) >= 11 is 9.47. The first-order valence-electron chi connectivity index (χ1n) is 6.33. The van der Waals surface area contributed by atoms with Crippen molar-refractivity contribution < 1.29 is 14.6 Å². The molecule has 1 N–H and O–H groups in total. The van der Waals surface area contributed by atoms with Crippen LogP contribution >= 0.6 is 27.5 Å². The molecule has 1 unspecified atom stereocenters. The first-order valence-corrected chi connectivity index (χ1v) is 7.50. The average Bonchev–Trinajstić information content (AvgIpc) is 2.45. The summed E-state index contributed by atoms with van der Waals surface area (Å²) in [7, 11) is 3.14. The maximum atomic E-state index is 10.7. The van der Waals surface area contributed by atoms with E-state index < -0.39 is 6.10 Å². The van der Waals surface area contributed by atoms with E-state index in [2.05, 4.69) is 15.9 Å². The fourth-order valence-electron chi connectivity index (χ4n) is 2.20. The first-order chi connectivity index (χ1) is 9.96. The summed E-state index contributed by atoms with van der Waals surface area (Å²) in [4.78, 5) is 0. The predicted octanol–water partition coefficient (Wildman–Crippen LogP) is 4.51. The van der Waals surface area contributed by atoms with Crippen LogP contribution < -0.4 is 9.47 Å². The Morgan fingerprint density at radius 3 is 2.29 bits per heavy atom. The molecular weight excluding hydrogens is 356 g/mol. The number of aliphatic hydroxyl groups is 1. The van der Waals surface area contributed by atoms with E-state index in [9.17, 15) is 5.11 Å².